The van der Waals surface area contributed by atoms with Crippen LogP contribution in [0.4, 0.5) is 19.3 Å². The molecule has 3 heterocycles. The van der Waals surface area contributed by atoms with Crippen LogP contribution >= 0.6 is 0 Å². The van der Waals surface area contributed by atoms with Gasteiger partial charge in [0.15, 0.2) is 5.65 Å². The lowest BCUT2D eigenvalue weighted by Gasteiger charge is -2.34. The number of nitrogens with one attached hydrogen (secondary N) is 1. The number of piperazine rings is 1. The molecule has 180 valence electrons. The first-order chi connectivity index (χ1) is 17.0. The summed E-state index contributed by atoms with van der Waals surface area (Å²) in [5.41, 5.74) is 2.33. The number of fused-ring (bicyclic) bond motifs is 1. The number of hydrogen-bond acceptors (Lipinski definition) is 5. The van der Waals surface area contributed by atoms with Crippen molar-refractivity contribution in [2.24, 2.45) is 0 Å². The third-order valence-corrected chi connectivity index (χ3v) is 6.01. The maximum atomic E-state index is 13.9. The topological polar surface area (TPSA) is 75.5 Å². The van der Waals surface area contributed by atoms with Crippen LogP contribution in [0.25, 0.3) is 16.9 Å². The van der Waals surface area contributed by atoms with E-state index in [9.17, 15) is 13.6 Å². The molecule has 2 aromatic heterocycles. The van der Waals surface area contributed by atoms with Crippen molar-refractivity contribution < 1.29 is 18.3 Å². The highest BCUT2D eigenvalue weighted by Gasteiger charge is 2.24. The molecule has 1 N–H and O–H groups in total. The Labute approximate surface area is 200 Å². The van der Waals surface area contributed by atoms with Gasteiger partial charge in [0.2, 0.25) is 0 Å². The predicted octanol–water partition coefficient (Wildman–Crippen LogP) is 4.06. The molecule has 1 aliphatic heterocycles. The molecule has 1 aliphatic rings. The van der Waals surface area contributed by atoms with Gasteiger partial charge in [0.05, 0.1) is 19.3 Å². The summed E-state index contributed by atoms with van der Waals surface area (Å²) in [5, 5.41) is 2.46. The summed E-state index contributed by atoms with van der Waals surface area (Å²) in [5.74, 6) is 0.314. The number of benzene rings is 2. The van der Waals surface area contributed by atoms with Crippen molar-refractivity contribution in [2.45, 2.75) is 6.54 Å². The molecule has 0 aliphatic carbocycles. The first-order valence-electron chi connectivity index (χ1n) is 11.2. The van der Waals surface area contributed by atoms with Crippen LogP contribution in [-0.4, -0.2) is 63.7 Å². The Kier molecular flexibility index (Phi) is 6.28. The molecule has 8 nitrogen and oxygen atoms in total. The lowest BCUT2D eigenvalue weighted by Crippen LogP contribution is -2.49. The lowest BCUT2D eigenvalue weighted by atomic mass is 10.2. The van der Waals surface area contributed by atoms with E-state index in [2.05, 4.69) is 15.2 Å². The summed E-state index contributed by atoms with van der Waals surface area (Å²) >= 11 is 0. The Morgan fingerprint density at radius 2 is 1.83 bits per heavy atom. The zero-order valence-corrected chi connectivity index (χ0v) is 19.1. The number of amides is 2. The number of nitrogens with zero attached hydrogens (tertiary/aromatic N) is 5. The zero-order chi connectivity index (χ0) is 24.4. The summed E-state index contributed by atoms with van der Waals surface area (Å²) < 4.78 is 34.6. The fourth-order valence-corrected chi connectivity index (χ4v) is 4.16. The highest BCUT2D eigenvalue weighted by Crippen LogP contribution is 2.23. The SMILES string of the molecule is COc1ccc(-n2c(CN3CCN(C(=O)Nc4cc(F)ccc4F)CC3)nc3cccnc32)cc1. The zero-order valence-electron chi connectivity index (χ0n) is 19.1. The first-order valence-corrected chi connectivity index (χ1v) is 11.2. The van der Waals surface area contributed by atoms with E-state index in [-0.39, 0.29) is 5.69 Å². The Bertz CT molecular complexity index is 1350. The number of imidazole rings is 1. The molecule has 1 saturated heterocycles. The van der Waals surface area contributed by atoms with Gasteiger partial charge < -0.3 is 15.0 Å². The number of rotatable bonds is 5. The average Bonchev–Trinajstić information content (AvgIpc) is 3.24. The second-order valence-corrected chi connectivity index (χ2v) is 8.23. The molecular weight excluding hydrogens is 454 g/mol. The number of hydrogen-bond donors (Lipinski definition) is 1. The Morgan fingerprint density at radius 1 is 1.06 bits per heavy atom. The number of aromatic nitrogens is 3. The fraction of sp³-hybridized carbons (Fsp3) is 0.240. The Balaban J connectivity index is 1.29. The quantitative estimate of drug-likeness (QED) is 0.468. The summed E-state index contributed by atoms with van der Waals surface area (Å²) in [6.45, 7) is 2.68. The fourth-order valence-electron chi connectivity index (χ4n) is 4.16. The molecule has 35 heavy (non-hydrogen) atoms. The van der Waals surface area contributed by atoms with E-state index in [1.165, 1.54) is 0 Å². The maximum Gasteiger partial charge on any atom is 0.322 e. The van der Waals surface area contributed by atoms with Crippen LogP contribution in [0, 0.1) is 11.6 Å². The van der Waals surface area contributed by atoms with Crippen molar-refractivity contribution in [3.05, 3.63) is 78.3 Å². The van der Waals surface area contributed by atoms with Gasteiger partial charge in [-0.3, -0.25) is 9.47 Å². The van der Waals surface area contributed by atoms with E-state index in [1.807, 2.05) is 41.0 Å². The number of anilines is 1. The summed E-state index contributed by atoms with van der Waals surface area (Å²) in [6.07, 6.45) is 1.74. The van der Waals surface area contributed by atoms with Gasteiger partial charge in [-0.25, -0.2) is 23.5 Å². The third-order valence-electron chi connectivity index (χ3n) is 6.01. The highest BCUT2D eigenvalue weighted by atomic mass is 19.1. The molecule has 0 atom stereocenters. The van der Waals surface area contributed by atoms with E-state index < -0.39 is 17.7 Å². The molecule has 0 spiro atoms. The predicted molar refractivity (Wildman–Crippen MR) is 128 cm³/mol. The normalized spacial score (nSPS) is 14.3. The average molecular weight is 479 g/mol. The molecule has 0 unspecified atom stereocenters. The van der Waals surface area contributed by atoms with Crippen molar-refractivity contribution in [1.29, 1.82) is 0 Å². The minimum absolute atomic E-state index is 0.168. The minimum atomic E-state index is -0.676. The second-order valence-electron chi connectivity index (χ2n) is 8.23. The number of ether oxygens (including phenoxy) is 1. The van der Waals surface area contributed by atoms with Gasteiger partial charge >= 0.3 is 6.03 Å². The Hall–Kier alpha value is -4.05. The van der Waals surface area contributed by atoms with Crippen molar-refractivity contribution >= 4 is 22.9 Å². The molecule has 0 radical (unpaired) electrons. The van der Waals surface area contributed by atoms with E-state index in [0.29, 0.717) is 32.7 Å². The number of urea groups is 1. The monoisotopic (exact) mass is 478 g/mol. The molecule has 0 bridgehead atoms. The number of halogens is 2. The maximum absolute atomic E-state index is 13.9. The van der Waals surface area contributed by atoms with Crippen molar-refractivity contribution in [1.82, 2.24) is 24.3 Å². The van der Waals surface area contributed by atoms with Crippen LogP contribution in [0.15, 0.2) is 60.8 Å². The van der Waals surface area contributed by atoms with Gasteiger partial charge in [-0.2, -0.15) is 0 Å². The van der Waals surface area contributed by atoms with E-state index in [1.54, 1.807) is 18.2 Å². The highest BCUT2D eigenvalue weighted by molar-refractivity contribution is 5.89. The van der Waals surface area contributed by atoms with Crippen LogP contribution in [0.2, 0.25) is 0 Å². The third kappa shape index (κ3) is 4.78. The van der Waals surface area contributed by atoms with Gasteiger partial charge in [-0.05, 0) is 48.5 Å². The summed E-state index contributed by atoms with van der Waals surface area (Å²) in [4.78, 5) is 25.7. The number of methoxy groups -OCH3 is 1. The van der Waals surface area contributed by atoms with E-state index >= 15 is 0 Å². The number of pyridine rings is 1. The summed E-state index contributed by atoms with van der Waals surface area (Å²) in [6, 6.07) is 14.0. The van der Waals surface area contributed by atoms with Crippen molar-refractivity contribution in [3.8, 4) is 11.4 Å². The van der Waals surface area contributed by atoms with E-state index in [4.69, 9.17) is 9.72 Å². The van der Waals surface area contributed by atoms with Crippen molar-refractivity contribution in [2.75, 3.05) is 38.6 Å². The molecule has 0 saturated carbocycles. The largest absolute Gasteiger partial charge is 0.497 e. The minimum Gasteiger partial charge on any atom is -0.497 e. The van der Waals surface area contributed by atoms with Crippen LogP contribution in [0.5, 0.6) is 5.75 Å². The molecule has 2 amide bonds. The van der Waals surface area contributed by atoms with Gasteiger partial charge in [0.1, 0.15) is 28.7 Å². The number of carbonyl (C=O) groups is 1. The van der Waals surface area contributed by atoms with Crippen LogP contribution in [0.1, 0.15) is 5.82 Å². The first kappa shape index (κ1) is 22.7. The van der Waals surface area contributed by atoms with Gasteiger partial charge in [0.25, 0.3) is 0 Å². The molecule has 1 fully saturated rings. The lowest BCUT2D eigenvalue weighted by molar-refractivity contribution is 0.140. The second kappa shape index (κ2) is 9.67. The molecule has 10 heteroatoms. The molecule has 2 aromatic carbocycles. The standard InChI is InChI=1S/C25H24F2N6O2/c1-35-19-7-5-18(6-8-19)33-23(29-21-3-2-10-28-24(21)33)16-31-11-13-32(14-12-31)25(34)30-22-15-17(26)4-9-20(22)27/h2-10,15H,11-14,16H2,1H3,(H,30,34). The van der Waals surface area contributed by atoms with Crippen LogP contribution in [0.3, 0.4) is 0 Å². The molecular formula is C25H24F2N6O2. The molecule has 5 rings (SSSR count). The van der Waals surface area contributed by atoms with E-state index in [0.717, 1.165) is 46.6 Å². The van der Waals surface area contributed by atoms with Gasteiger partial charge in [-0.15, -0.1) is 0 Å². The van der Waals surface area contributed by atoms with Gasteiger partial charge in [0, 0.05) is 44.1 Å². The van der Waals surface area contributed by atoms with Crippen LogP contribution in [-0.2, 0) is 6.54 Å². The van der Waals surface area contributed by atoms with Gasteiger partial charge in [-0.1, -0.05) is 0 Å². The summed E-state index contributed by atoms with van der Waals surface area (Å²) in [7, 11) is 1.63. The Morgan fingerprint density at radius 3 is 2.57 bits per heavy atom. The number of carbonyl (C=O) groups excluding carboxylic acids is 1. The van der Waals surface area contributed by atoms with Crippen molar-refractivity contribution in [3.63, 3.8) is 0 Å². The molecule has 4 aromatic rings. The van der Waals surface area contributed by atoms with Crippen LogP contribution < -0.4 is 10.1 Å². The smallest absolute Gasteiger partial charge is 0.322 e.